The summed E-state index contributed by atoms with van der Waals surface area (Å²) in [5.41, 5.74) is 1.33. The quantitative estimate of drug-likeness (QED) is 0.947. The SMILES string of the molecule is Cc1nc(C(=O)NCc2ccc(Br)cc2)co1. The molecule has 1 aromatic carbocycles. The minimum absolute atomic E-state index is 0.232. The number of nitrogens with zero attached hydrogens (tertiary/aromatic N) is 1. The molecule has 5 heteroatoms. The molecule has 4 nitrogen and oxygen atoms in total. The van der Waals surface area contributed by atoms with Crippen molar-refractivity contribution in [1.29, 1.82) is 0 Å². The first-order chi connectivity index (χ1) is 8.15. The van der Waals surface area contributed by atoms with Gasteiger partial charge in [0.2, 0.25) is 0 Å². The molecule has 2 aromatic rings. The van der Waals surface area contributed by atoms with Crippen LogP contribution in [-0.4, -0.2) is 10.9 Å². The second kappa shape index (κ2) is 5.14. The number of oxazole rings is 1. The lowest BCUT2D eigenvalue weighted by Crippen LogP contribution is -2.23. The van der Waals surface area contributed by atoms with E-state index in [1.807, 2.05) is 24.3 Å². The van der Waals surface area contributed by atoms with E-state index < -0.39 is 0 Å². The lowest BCUT2D eigenvalue weighted by atomic mass is 10.2. The molecule has 1 N–H and O–H groups in total. The molecule has 0 fully saturated rings. The largest absolute Gasteiger partial charge is 0.448 e. The summed E-state index contributed by atoms with van der Waals surface area (Å²) in [6, 6.07) is 7.75. The molecule has 0 aliphatic heterocycles. The fourth-order valence-electron chi connectivity index (χ4n) is 1.34. The molecule has 0 aliphatic rings. The zero-order chi connectivity index (χ0) is 12.3. The maximum atomic E-state index is 11.7. The highest BCUT2D eigenvalue weighted by atomic mass is 79.9. The number of aromatic nitrogens is 1. The standard InChI is InChI=1S/C12H11BrN2O2/c1-8-15-11(7-17-8)12(16)14-6-9-2-4-10(13)5-3-9/h2-5,7H,6H2,1H3,(H,14,16). The van der Waals surface area contributed by atoms with Gasteiger partial charge in [0.15, 0.2) is 11.6 Å². The summed E-state index contributed by atoms with van der Waals surface area (Å²) < 4.78 is 5.99. The summed E-state index contributed by atoms with van der Waals surface area (Å²) in [6.07, 6.45) is 1.35. The monoisotopic (exact) mass is 294 g/mol. The molecule has 17 heavy (non-hydrogen) atoms. The zero-order valence-corrected chi connectivity index (χ0v) is 10.8. The number of rotatable bonds is 3. The van der Waals surface area contributed by atoms with E-state index in [1.54, 1.807) is 6.92 Å². The minimum Gasteiger partial charge on any atom is -0.448 e. The molecule has 1 heterocycles. The van der Waals surface area contributed by atoms with Crippen LogP contribution in [0.4, 0.5) is 0 Å². The zero-order valence-electron chi connectivity index (χ0n) is 9.24. The number of carbonyl (C=O) groups is 1. The number of halogens is 1. The number of hydrogen-bond acceptors (Lipinski definition) is 3. The second-order valence-corrected chi connectivity index (χ2v) is 4.48. The number of benzene rings is 1. The molecular formula is C12H11BrN2O2. The van der Waals surface area contributed by atoms with E-state index in [0.29, 0.717) is 18.1 Å². The Balaban J connectivity index is 1.94. The van der Waals surface area contributed by atoms with Crippen molar-refractivity contribution >= 4 is 21.8 Å². The van der Waals surface area contributed by atoms with Crippen molar-refractivity contribution in [3.05, 3.63) is 52.1 Å². The van der Waals surface area contributed by atoms with Gasteiger partial charge in [0.05, 0.1) is 0 Å². The van der Waals surface area contributed by atoms with Crippen LogP contribution in [0.25, 0.3) is 0 Å². The Morgan fingerprint density at radius 3 is 2.71 bits per heavy atom. The Bertz CT molecular complexity index is 520. The van der Waals surface area contributed by atoms with Crippen molar-refractivity contribution in [2.75, 3.05) is 0 Å². The third-order valence-electron chi connectivity index (χ3n) is 2.22. The maximum Gasteiger partial charge on any atom is 0.273 e. The third kappa shape index (κ3) is 3.17. The van der Waals surface area contributed by atoms with Gasteiger partial charge in [-0.2, -0.15) is 0 Å². The van der Waals surface area contributed by atoms with Crippen LogP contribution in [-0.2, 0) is 6.54 Å². The summed E-state index contributed by atoms with van der Waals surface area (Å²) in [6.45, 7) is 2.17. The first-order valence-corrected chi connectivity index (χ1v) is 5.89. The van der Waals surface area contributed by atoms with Crippen LogP contribution in [0.5, 0.6) is 0 Å². The van der Waals surface area contributed by atoms with Crippen molar-refractivity contribution in [3.8, 4) is 0 Å². The topological polar surface area (TPSA) is 55.1 Å². The molecule has 0 radical (unpaired) electrons. The van der Waals surface area contributed by atoms with Crippen LogP contribution >= 0.6 is 15.9 Å². The van der Waals surface area contributed by atoms with Gasteiger partial charge in [-0.15, -0.1) is 0 Å². The highest BCUT2D eigenvalue weighted by molar-refractivity contribution is 9.10. The van der Waals surface area contributed by atoms with E-state index in [1.165, 1.54) is 6.26 Å². The van der Waals surface area contributed by atoms with Crippen molar-refractivity contribution in [2.45, 2.75) is 13.5 Å². The van der Waals surface area contributed by atoms with Crippen LogP contribution < -0.4 is 5.32 Å². The molecule has 0 unspecified atom stereocenters. The smallest absolute Gasteiger partial charge is 0.273 e. The Hall–Kier alpha value is -1.62. The first-order valence-electron chi connectivity index (χ1n) is 5.10. The van der Waals surface area contributed by atoms with Gasteiger partial charge < -0.3 is 9.73 Å². The molecule has 0 spiro atoms. The third-order valence-corrected chi connectivity index (χ3v) is 2.75. The van der Waals surface area contributed by atoms with Crippen molar-refractivity contribution in [1.82, 2.24) is 10.3 Å². The molecule has 0 atom stereocenters. The lowest BCUT2D eigenvalue weighted by Gasteiger charge is -2.03. The van der Waals surface area contributed by atoms with Gasteiger partial charge in [0.25, 0.3) is 5.91 Å². The van der Waals surface area contributed by atoms with Crippen molar-refractivity contribution in [3.63, 3.8) is 0 Å². The molecule has 0 aliphatic carbocycles. The summed E-state index contributed by atoms with van der Waals surface area (Å²) in [5, 5.41) is 2.77. The van der Waals surface area contributed by atoms with Crippen molar-refractivity contribution < 1.29 is 9.21 Å². The second-order valence-electron chi connectivity index (χ2n) is 3.56. The van der Waals surface area contributed by atoms with Gasteiger partial charge >= 0.3 is 0 Å². The molecule has 1 aromatic heterocycles. The summed E-state index contributed by atoms with van der Waals surface area (Å²) in [7, 11) is 0. The van der Waals surface area contributed by atoms with Gasteiger partial charge in [-0.1, -0.05) is 28.1 Å². The van der Waals surface area contributed by atoms with Crippen LogP contribution in [0.3, 0.4) is 0 Å². The number of nitrogens with one attached hydrogen (secondary N) is 1. The van der Waals surface area contributed by atoms with Crippen LogP contribution in [0.15, 0.2) is 39.4 Å². The van der Waals surface area contributed by atoms with Gasteiger partial charge in [0, 0.05) is 17.9 Å². The molecule has 0 saturated heterocycles. The van der Waals surface area contributed by atoms with E-state index in [2.05, 4.69) is 26.2 Å². The minimum atomic E-state index is -0.232. The molecular weight excluding hydrogens is 284 g/mol. The Morgan fingerprint density at radius 2 is 2.12 bits per heavy atom. The van der Waals surface area contributed by atoms with E-state index in [4.69, 9.17) is 4.42 Å². The van der Waals surface area contributed by atoms with Gasteiger partial charge in [-0.05, 0) is 17.7 Å². The lowest BCUT2D eigenvalue weighted by molar-refractivity contribution is 0.0946. The summed E-state index contributed by atoms with van der Waals surface area (Å²) >= 11 is 3.36. The number of amides is 1. The van der Waals surface area contributed by atoms with Crippen LogP contribution in [0, 0.1) is 6.92 Å². The Kier molecular flexibility index (Phi) is 3.58. The van der Waals surface area contributed by atoms with Crippen molar-refractivity contribution in [2.24, 2.45) is 0 Å². The van der Waals surface area contributed by atoms with Gasteiger partial charge in [-0.25, -0.2) is 4.98 Å². The molecule has 0 bridgehead atoms. The predicted octanol–water partition coefficient (Wildman–Crippen LogP) is 2.68. The fraction of sp³-hybridized carbons (Fsp3) is 0.167. The van der Waals surface area contributed by atoms with Gasteiger partial charge in [-0.3, -0.25) is 4.79 Å². The number of hydrogen-bond donors (Lipinski definition) is 1. The number of aryl methyl sites for hydroxylation is 1. The normalized spacial score (nSPS) is 10.2. The van der Waals surface area contributed by atoms with E-state index in [9.17, 15) is 4.79 Å². The summed E-state index contributed by atoms with van der Waals surface area (Å²) in [5.74, 6) is 0.253. The average molecular weight is 295 g/mol. The summed E-state index contributed by atoms with van der Waals surface area (Å²) in [4.78, 5) is 15.6. The fourth-order valence-corrected chi connectivity index (χ4v) is 1.61. The Morgan fingerprint density at radius 1 is 1.41 bits per heavy atom. The highest BCUT2D eigenvalue weighted by Crippen LogP contribution is 2.10. The molecule has 0 saturated carbocycles. The van der Waals surface area contributed by atoms with Crippen LogP contribution in [0.2, 0.25) is 0 Å². The average Bonchev–Trinajstić information content (AvgIpc) is 2.75. The molecule has 88 valence electrons. The first kappa shape index (κ1) is 11.9. The molecule has 2 rings (SSSR count). The maximum absolute atomic E-state index is 11.7. The predicted molar refractivity (Wildman–Crippen MR) is 66.6 cm³/mol. The van der Waals surface area contributed by atoms with Gasteiger partial charge in [0.1, 0.15) is 6.26 Å². The molecule has 1 amide bonds. The van der Waals surface area contributed by atoms with E-state index >= 15 is 0 Å². The van der Waals surface area contributed by atoms with E-state index in [-0.39, 0.29) is 5.91 Å². The number of carbonyl (C=O) groups excluding carboxylic acids is 1. The Labute approximate surface area is 107 Å². The van der Waals surface area contributed by atoms with Crippen LogP contribution in [0.1, 0.15) is 21.9 Å². The highest BCUT2D eigenvalue weighted by Gasteiger charge is 2.09. The van der Waals surface area contributed by atoms with E-state index in [0.717, 1.165) is 10.0 Å².